The maximum absolute atomic E-state index is 13.1. The van der Waals surface area contributed by atoms with E-state index in [-0.39, 0.29) is 12.5 Å². The normalized spacial score (nSPS) is 10.4. The molecule has 0 heterocycles. The van der Waals surface area contributed by atoms with E-state index in [9.17, 15) is 4.39 Å². The molecule has 0 saturated carbocycles. The minimum absolute atomic E-state index is 0.0738. The van der Waals surface area contributed by atoms with Crippen molar-refractivity contribution in [2.24, 2.45) is 0 Å². The molecule has 4 heteroatoms. The maximum Gasteiger partial charge on any atom is 0.126 e. The van der Waals surface area contributed by atoms with Crippen LogP contribution in [-0.2, 0) is 6.42 Å². The zero-order valence-electron chi connectivity index (χ0n) is 7.06. The molecule has 0 radical (unpaired) electrons. The van der Waals surface area contributed by atoms with Crippen molar-refractivity contribution >= 4 is 15.9 Å². The number of nitrogens with one attached hydrogen (secondary N) is 1. The van der Waals surface area contributed by atoms with Gasteiger partial charge in [0.15, 0.2) is 0 Å². The molecule has 2 N–H and O–H groups in total. The highest BCUT2D eigenvalue weighted by molar-refractivity contribution is 9.10. The molecule has 0 fully saturated rings. The smallest absolute Gasteiger partial charge is 0.126 e. The van der Waals surface area contributed by atoms with E-state index in [4.69, 9.17) is 5.11 Å². The van der Waals surface area contributed by atoms with E-state index >= 15 is 0 Å². The molecular formula is C9H11BrFNO. The van der Waals surface area contributed by atoms with Crippen LogP contribution in [0.15, 0.2) is 22.7 Å². The molecule has 0 aliphatic heterocycles. The number of hydrogen-bond donors (Lipinski definition) is 2. The van der Waals surface area contributed by atoms with Gasteiger partial charge in [0.25, 0.3) is 0 Å². The summed E-state index contributed by atoms with van der Waals surface area (Å²) in [5.74, 6) is -0.206. The average Bonchev–Trinajstić information content (AvgIpc) is 2.11. The van der Waals surface area contributed by atoms with Gasteiger partial charge >= 0.3 is 0 Å². The second-order valence-corrected chi connectivity index (χ2v) is 3.56. The van der Waals surface area contributed by atoms with Crippen molar-refractivity contribution < 1.29 is 9.50 Å². The van der Waals surface area contributed by atoms with Gasteiger partial charge in [0.1, 0.15) is 5.82 Å². The van der Waals surface area contributed by atoms with Crippen molar-refractivity contribution in [2.45, 2.75) is 6.42 Å². The third-order valence-electron chi connectivity index (χ3n) is 1.69. The lowest BCUT2D eigenvalue weighted by Crippen LogP contribution is -2.18. The standard InChI is InChI=1S/C9H11BrFNO/c10-8-1-2-9(11)7(5-8)3-4-12-6-13/h1-2,5,12-13H,3-4,6H2. The molecule has 1 aromatic carbocycles. The van der Waals surface area contributed by atoms with Gasteiger partial charge in [-0.3, -0.25) is 5.32 Å². The number of benzene rings is 1. The van der Waals surface area contributed by atoms with Gasteiger partial charge in [-0.15, -0.1) is 0 Å². The molecule has 13 heavy (non-hydrogen) atoms. The molecule has 0 aromatic heterocycles. The molecule has 72 valence electrons. The third kappa shape index (κ3) is 3.42. The maximum atomic E-state index is 13.1. The predicted molar refractivity (Wildman–Crippen MR) is 52.9 cm³/mol. The Morgan fingerprint density at radius 2 is 2.23 bits per heavy atom. The Morgan fingerprint density at radius 1 is 1.46 bits per heavy atom. The Kier molecular flexibility index (Phi) is 4.35. The van der Waals surface area contributed by atoms with Gasteiger partial charge in [-0.1, -0.05) is 15.9 Å². The Hall–Kier alpha value is -0.450. The molecule has 2 nitrogen and oxygen atoms in total. The van der Waals surface area contributed by atoms with E-state index in [1.54, 1.807) is 12.1 Å². The average molecular weight is 248 g/mol. The summed E-state index contributed by atoms with van der Waals surface area (Å²) in [6, 6.07) is 4.84. The fourth-order valence-electron chi connectivity index (χ4n) is 1.04. The van der Waals surface area contributed by atoms with Crippen molar-refractivity contribution in [3.8, 4) is 0 Å². The predicted octanol–water partition coefficient (Wildman–Crippen LogP) is 1.67. The van der Waals surface area contributed by atoms with Gasteiger partial charge in [0, 0.05) is 11.0 Å². The topological polar surface area (TPSA) is 32.3 Å². The first-order valence-electron chi connectivity index (χ1n) is 3.99. The Morgan fingerprint density at radius 3 is 2.92 bits per heavy atom. The minimum atomic E-state index is -0.206. The zero-order chi connectivity index (χ0) is 9.68. The van der Waals surface area contributed by atoms with Crippen LogP contribution in [0.5, 0.6) is 0 Å². The molecule has 0 saturated heterocycles. The first-order chi connectivity index (χ1) is 6.24. The molecule has 1 rings (SSSR count). The summed E-state index contributed by atoms with van der Waals surface area (Å²) in [7, 11) is 0. The number of aliphatic hydroxyl groups excluding tert-OH is 1. The summed E-state index contributed by atoms with van der Waals surface area (Å²) >= 11 is 3.27. The van der Waals surface area contributed by atoms with E-state index in [0.717, 1.165) is 4.47 Å². The van der Waals surface area contributed by atoms with Crippen molar-refractivity contribution in [3.05, 3.63) is 34.1 Å². The highest BCUT2D eigenvalue weighted by atomic mass is 79.9. The number of halogens is 2. The lowest BCUT2D eigenvalue weighted by atomic mass is 10.1. The minimum Gasteiger partial charge on any atom is -0.381 e. The van der Waals surface area contributed by atoms with E-state index in [1.807, 2.05) is 0 Å². The molecule has 0 spiro atoms. The van der Waals surface area contributed by atoms with E-state index in [0.29, 0.717) is 18.5 Å². The zero-order valence-corrected chi connectivity index (χ0v) is 8.64. The van der Waals surface area contributed by atoms with Crippen LogP contribution in [0.2, 0.25) is 0 Å². The number of rotatable bonds is 4. The second-order valence-electron chi connectivity index (χ2n) is 2.64. The quantitative estimate of drug-likeness (QED) is 0.627. The van der Waals surface area contributed by atoms with Crippen LogP contribution in [0.1, 0.15) is 5.56 Å². The monoisotopic (exact) mass is 247 g/mol. The van der Waals surface area contributed by atoms with Crippen molar-refractivity contribution in [3.63, 3.8) is 0 Å². The third-order valence-corrected chi connectivity index (χ3v) is 2.18. The van der Waals surface area contributed by atoms with Crippen molar-refractivity contribution in [1.29, 1.82) is 0 Å². The lowest BCUT2D eigenvalue weighted by Gasteiger charge is -2.03. The van der Waals surface area contributed by atoms with Gasteiger partial charge in [-0.25, -0.2) is 4.39 Å². The van der Waals surface area contributed by atoms with E-state index in [2.05, 4.69) is 21.2 Å². The fraction of sp³-hybridized carbons (Fsp3) is 0.333. The Balaban J connectivity index is 2.59. The number of hydrogen-bond acceptors (Lipinski definition) is 2. The summed E-state index contributed by atoms with van der Waals surface area (Å²) in [5.41, 5.74) is 0.648. The molecular weight excluding hydrogens is 237 g/mol. The van der Waals surface area contributed by atoms with Crippen LogP contribution in [0.25, 0.3) is 0 Å². The molecule has 0 aliphatic rings. The first-order valence-corrected chi connectivity index (χ1v) is 4.79. The van der Waals surface area contributed by atoms with Gasteiger partial charge in [-0.05, 0) is 30.2 Å². The van der Waals surface area contributed by atoms with Crippen LogP contribution < -0.4 is 5.32 Å². The summed E-state index contributed by atoms with van der Waals surface area (Å²) in [5, 5.41) is 11.2. The first kappa shape index (κ1) is 10.6. The van der Waals surface area contributed by atoms with E-state index in [1.165, 1.54) is 6.07 Å². The van der Waals surface area contributed by atoms with Crippen LogP contribution in [0, 0.1) is 5.82 Å². The summed E-state index contributed by atoms with van der Waals surface area (Å²) in [6.07, 6.45) is 0.575. The summed E-state index contributed by atoms with van der Waals surface area (Å²) < 4.78 is 14.0. The van der Waals surface area contributed by atoms with Gasteiger partial charge in [0.05, 0.1) is 6.73 Å². The number of aliphatic hydroxyl groups is 1. The summed E-state index contributed by atoms with van der Waals surface area (Å²) in [6.45, 7) is 0.499. The van der Waals surface area contributed by atoms with Crippen LogP contribution in [0.3, 0.4) is 0 Å². The summed E-state index contributed by atoms with van der Waals surface area (Å²) in [4.78, 5) is 0. The Bertz CT molecular complexity index is 280. The highest BCUT2D eigenvalue weighted by Gasteiger charge is 2.01. The van der Waals surface area contributed by atoms with Crippen molar-refractivity contribution in [2.75, 3.05) is 13.3 Å². The van der Waals surface area contributed by atoms with Crippen LogP contribution >= 0.6 is 15.9 Å². The second kappa shape index (κ2) is 5.32. The van der Waals surface area contributed by atoms with Gasteiger partial charge in [-0.2, -0.15) is 0 Å². The Labute approximate surface area is 84.9 Å². The fourth-order valence-corrected chi connectivity index (χ4v) is 1.45. The lowest BCUT2D eigenvalue weighted by molar-refractivity contribution is 0.262. The van der Waals surface area contributed by atoms with Crippen molar-refractivity contribution in [1.82, 2.24) is 5.32 Å². The molecule has 1 aromatic rings. The molecule has 0 unspecified atom stereocenters. The molecule has 0 amide bonds. The van der Waals surface area contributed by atoms with Crippen LogP contribution in [-0.4, -0.2) is 18.4 Å². The van der Waals surface area contributed by atoms with Gasteiger partial charge in [0.2, 0.25) is 0 Å². The van der Waals surface area contributed by atoms with E-state index < -0.39 is 0 Å². The largest absolute Gasteiger partial charge is 0.381 e. The highest BCUT2D eigenvalue weighted by Crippen LogP contribution is 2.15. The van der Waals surface area contributed by atoms with Crippen LogP contribution in [0.4, 0.5) is 4.39 Å². The SMILES string of the molecule is OCNCCc1cc(Br)ccc1F. The molecule has 0 aliphatic carbocycles. The molecule has 0 bridgehead atoms. The molecule has 0 atom stereocenters. The van der Waals surface area contributed by atoms with Gasteiger partial charge < -0.3 is 5.11 Å².